The average Bonchev–Trinajstić information content (AvgIpc) is 3.07. The van der Waals surface area contributed by atoms with Gasteiger partial charge in [0.15, 0.2) is 6.61 Å². The summed E-state index contributed by atoms with van der Waals surface area (Å²) < 4.78 is 6.11. The summed E-state index contributed by atoms with van der Waals surface area (Å²) >= 11 is 4.64. The average molecular weight is 415 g/mol. The van der Waals surface area contributed by atoms with Gasteiger partial charge in [0.1, 0.15) is 0 Å². The molecule has 3 aromatic rings. The maximum atomic E-state index is 12.4. The van der Waals surface area contributed by atoms with Crippen LogP contribution in [0.2, 0.25) is 0 Å². The smallest absolute Gasteiger partial charge is 0.338 e. The van der Waals surface area contributed by atoms with Crippen LogP contribution in [-0.2, 0) is 11.2 Å². The molecule has 0 saturated carbocycles. The van der Waals surface area contributed by atoms with Crippen LogP contribution in [0.1, 0.15) is 31.2 Å². The van der Waals surface area contributed by atoms with Gasteiger partial charge >= 0.3 is 5.97 Å². The lowest BCUT2D eigenvalue weighted by atomic mass is 10.00. The van der Waals surface area contributed by atoms with Crippen molar-refractivity contribution in [2.45, 2.75) is 6.42 Å². The van der Waals surface area contributed by atoms with Gasteiger partial charge in [-0.2, -0.15) is 0 Å². The number of carbonyl (C=O) groups is 2. The number of thiophene rings is 1. The predicted molar refractivity (Wildman–Crippen MR) is 102 cm³/mol. The van der Waals surface area contributed by atoms with Gasteiger partial charge in [-0.05, 0) is 51.7 Å². The third-order valence-corrected chi connectivity index (χ3v) is 5.32. The number of hydrogen-bond acceptors (Lipinski definition) is 4. The topological polar surface area (TPSA) is 43.4 Å². The van der Waals surface area contributed by atoms with E-state index in [-0.39, 0.29) is 12.4 Å². The van der Waals surface area contributed by atoms with Crippen molar-refractivity contribution in [3.05, 3.63) is 92.1 Å². The van der Waals surface area contributed by atoms with E-state index in [4.69, 9.17) is 4.74 Å². The molecule has 25 heavy (non-hydrogen) atoms. The summed E-state index contributed by atoms with van der Waals surface area (Å²) in [6.07, 6.45) is 0.637. The second-order valence-electron chi connectivity index (χ2n) is 5.42. The third kappa shape index (κ3) is 4.65. The number of esters is 1. The number of hydrogen-bond donors (Lipinski definition) is 0. The van der Waals surface area contributed by atoms with Crippen LogP contribution in [0.15, 0.2) is 70.5 Å². The van der Waals surface area contributed by atoms with Gasteiger partial charge in [-0.3, -0.25) is 4.79 Å². The Morgan fingerprint density at radius 3 is 2.36 bits per heavy atom. The fraction of sp³-hybridized carbons (Fsp3) is 0.100. The van der Waals surface area contributed by atoms with E-state index in [9.17, 15) is 9.59 Å². The number of halogens is 1. The molecule has 2 aromatic carbocycles. The van der Waals surface area contributed by atoms with Gasteiger partial charge < -0.3 is 4.74 Å². The van der Waals surface area contributed by atoms with E-state index in [2.05, 4.69) is 15.9 Å². The SMILES string of the molecule is O=C(COC(=O)c1ccccc1Cc1ccccc1)c1ccc(Br)s1. The summed E-state index contributed by atoms with van der Waals surface area (Å²) in [5.41, 5.74) is 2.48. The highest BCUT2D eigenvalue weighted by Gasteiger charge is 2.16. The predicted octanol–water partition coefficient (Wildman–Crippen LogP) is 5.14. The summed E-state index contributed by atoms with van der Waals surface area (Å²) in [5, 5.41) is 0. The lowest BCUT2D eigenvalue weighted by Gasteiger charge is -2.09. The van der Waals surface area contributed by atoms with Crippen LogP contribution in [0.25, 0.3) is 0 Å². The second-order valence-corrected chi connectivity index (χ2v) is 7.89. The van der Waals surface area contributed by atoms with Gasteiger partial charge in [0.25, 0.3) is 0 Å². The molecular weight excluding hydrogens is 400 g/mol. The van der Waals surface area contributed by atoms with Crippen LogP contribution in [0.5, 0.6) is 0 Å². The number of ketones is 1. The highest BCUT2D eigenvalue weighted by molar-refractivity contribution is 9.11. The van der Waals surface area contributed by atoms with Gasteiger partial charge in [-0.15, -0.1) is 11.3 Å². The lowest BCUT2D eigenvalue weighted by molar-refractivity contribution is 0.0475. The van der Waals surface area contributed by atoms with Crippen molar-refractivity contribution in [2.75, 3.05) is 6.61 Å². The Balaban J connectivity index is 1.69. The molecule has 3 rings (SSSR count). The third-order valence-electron chi connectivity index (χ3n) is 3.66. The van der Waals surface area contributed by atoms with E-state index < -0.39 is 5.97 Å². The van der Waals surface area contributed by atoms with E-state index in [1.165, 1.54) is 11.3 Å². The number of ether oxygens (including phenoxy) is 1. The minimum Gasteiger partial charge on any atom is -0.454 e. The fourth-order valence-corrected chi connectivity index (χ4v) is 3.74. The number of benzene rings is 2. The largest absolute Gasteiger partial charge is 0.454 e. The number of Topliss-reactive ketones (excluding diaryl/α,β-unsaturated/α-hetero) is 1. The standard InChI is InChI=1S/C20H15BrO3S/c21-19-11-10-18(25-19)17(22)13-24-20(23)16-9-5-4-8-15(16)12-14-6-2-1-3-7-14/h1-11H,12-13H2. The van der Waals surface area contributed by atoms with Crippen molar-refractivity contribution in [1.82, 2.24) is 0 Å². The first kappa shape index (κ1) is 17.6. The maximum Gasteiger partial charge on any atom is 0.338 e. The normalized spacial score (nSPS) is 10.4. The van der Waals surface area contributed by atoms with E-state index in [0.717, 1.165) is 14.9 Å². The molecule has 0 saturated heterocycles. The highest BCUT2D eigenvalue weighted by Crippen LogP contribution is 2.22. The Kier molecular flexibility index (Phi) is 5.79. The van der Waals surface area contributed by atoms with Crippen molar-refractivity contribution in [3.8, 4) is 0 Å². The van der Waals surface area contributed by atoms with Gasteiger partial charge in [-0.25, -0.2) is 4.79 Å². The molecule has 0 unspecified atom stereocenters. The molecule has 0 N–H and O–H groups in total. The molecule has 0 atom stereocenters. The summed E-state index contributed by atoms with van der Waals surface area (Å²) in [6.45, 7) is -0.258. The van der Waals surface area contributed by atoms with Crippen molar-refractivity contribution >= 4 is 39.0 Å². The molecule has 1 aromatic heterocycles. The first-order valence-corrected chi connectivity index (χ1v) is 9.32. The Morgan fingerprint density at radius 1 is 0.920 bits per heavy atom. The van der Waals surface area contributed by atoms with Crippen molar-refractivity contribution < 1.29 is 14.3 Å². The minimum absolute atomic E-state index is 0.204. The van der Waals surface area contributed by atoms with Crippen LogP contribution in [-0.4, -0.2) is 18.4 Å². The van der Waals surface area contributed by atoms with Crippen LogP contribution in [0.4, 0.5) is 0 Å². The fourth-order valence-electron chi connectivity index (χ4n) is 2.43. The molecule has 0 amide bonds. The summed E-state index contributed by atoms with van der Waals surface area (Å²) in [6, 6.07) is 20.8. The van der Waals surface area contributed by atoms with Gasteiger partial charge in [-0.1, -0.05) is 48.5 Å². The Morgan fingerprint density at radius 2 is 1.64 bits per heavy atom. The zero-order chi connectivity index (χ0) is 17.6. The van der Waals surface area contributed by atoms with Crippen LogP contribution < -0.4 is 0 Å². The first-order chi connectivity index (χ1) is 12.1. The van der Waals surface area contributed by atoms with Gasteiger partial charge in [0.2, 0.25) is 5.78 Å². The zero-order valence-corrected chi connectivity index (χ0v) is 15.7. The number of carbonyl (C=O) groups excluding carboxylic acids is 2. The van der Waals surface area contributed by atoms with Crippen molar-refractivity contribution in [2.24, 2.45) is 0 Å². The quantitative estimate of drug-likeness (QED) is 0.414. The molecule has 126 valence electrons. The zero-order valence-electron chi connectivity index (χ0n) is 13.3. The number of rotatable bonds is 6. The van der Waals surface area contributed by atoms with E-state index in [1.807, 2.05) is 42.5 Å². The summed E-state index contributed by atoms with van der Waals surface area (Å²) in [5.74, 6) is -0.680. The van der Waals surface area contributed by atoms with E-state index in [1.54, 1.807) is 24.3 Å². The second kappa shape index (κ2) is 8.23. The molecule has 0 bridgehead atoms. The van der Waals surface area contributed by atoms with Gasteiger partial charge in [0.05, 0.1) is 14.2 Å². The maximum absolute atomic E-state index is 12.4. The van der Waals surface area contributed by atoms with Crippen LogP contribution in [0.3, 0.4) is 0 Å². The van der Waals surface area contributed by atoms with Crippen molar-refractivity contribution in [1.29, 1.82) is 0 Å². The Labute approximate surface area is 158 Å². The highest BCUT2D eigenvalue weighted by atomic mass is 79.9. The molecule has 0 aliphatic heterocycles. The molecule has 0 fully saturated rings. The molecule has 0 aliphatic rings. The molecule has 0 aliphatic carbocycles. The Hall–Kier alpha value is -2.24. The first-order valence-electron chi connectivity index (χ1n) is 7.71. The molecule has 0 radical (unpaired) electrons. The molecule has 5 heteroatoms. The summed E-state index contributed by atoms with van der Waals surface area (Å²) in [4.78, 5) is 25.1. The lowest BCUT2D eigenvalue weighted by Crippen LogP contribution is -2.15. The van der Waals surface area contributed by atoms with E-state index >= 15 is 0 Å². The Bertz CT molecular complexity index is 887. The van der Waals surface area contributed by atoms with Crippen molar-refractivity contribution in [3.63, 3.8) is 0 Å². The molecule has 0 spiro atoms. The van der Waals surface area contributed by atoms with Crippen LogP contribution in [0, 0.1) is 0 Å². The monoisotopic (exact) mass is 414 g/mol. The van der Waals surface area contributed by atoms with Gasteiger partial charge in [0, 0.05) is 0 Å². The summed E-state index contributed by atoms with van der Waals surface area (Å²) in [7, 11) is 0. The minimum atomic E-state index is -0.476. The molecule has 3 nitrogen and oxygen atoms in total. The van der Waals surface area contributed by atoms with Crippen LogP contribution >= 0.6 is 27.3 Å². The molecule has 1 heterocycles. The molecular formula is C20H15BrO3S. The van der Waals surface area contributed by atoms with E-state index in [0.29, 0.717) is 16.9 Å².